The fourth-order valence-corrected chi connectivity index (χ4v) is 4.65. The maximum atomic E-state index is 12.9. The zero-order valence-electron chi connectivity index (χ0n) is 20.1. The summed E-state index contributed by atoms with van der Waals surface area (Å²) in [6.45, 7) is 8.34. The second-order valence-electron chi connectivity index (χ2n) is 9.10. The van der Waals surface area contributed by atoms with Gasteiger partial charge in [-0.3, -0.25) is 9.69 Å². The van der Waals surface area contributed by atoms with Crippen molar-refractivity contribution in [3.05, 3.63) is 65.2 Å². The summed E-state index contributed by atoms with van der Waals surface area (Å²) in [7, 11) is 0. The number of ether oxygens (including phenoxy) is 1. The summed E-state index contributed by atoms with van der Waals surface area (Å²) in [5, 5.41) is 6.07. The third kappa shape index (κ3) is 6.58. The van der Waals surface area contributed by atoms with Gasteiger partial charge in [0.25, 0.3) is 5.91 Å². The Bertz CT molecular complexity index is 957. The first-order valence-corrected chi connectivity index (χ1v) is 12.5. The standard InChI is InChI=1S/C27H36N4O3/c1-2-21-8-10-25(11-9-21)29-27(33)31-13-4-7-24(20-31)22-5-3-6-23(19-22)26(32)28-12-14-30-15-17-34-18-16-30/h3,5-6,8-11,19,24H,2,4,7,12-18,20H2,1H3,(H,28,32)(H,29,33)/t24-/m0/s1. The SMILES string of the molecule is CCc1ccc(NC(=O)N2CCC[C@H](c3cccc(C(=O)NCCN4CCOCC4)c3)C2)cc1. The minimum Gasteiger partial charge on any atom is -0.379 e. The molecule has 2 saturated heterocycles. The molecule has 34 heavy (non-hydrogen) atoms. The molecule has 2 aliphatic rings. The molecular formula is C27H36N4O3. The summed E-state index contributed by atoms with van der Waals surface area (Å²) in [6, 6.07) is 15.8. The summed E-state index contributed by atoms with van der Waals surface area (Å²) < 4.78 is 5.37. The molecule has 182 valence electrons. The Balaban J connectivity index is 1.31. The number of aryl methyl sites for hydroxylation is 1. The summed E-state index contributed by atoms with van der Waals surface area (Å²) in [5.41, 5.74) is 3.86. The van der Waals surface area contributed by atoms with Gasteiger partial charge >= 0.3 is 6.03 Å². The number of likely N-dealkylation sites (tertiary alicyclic amines) is 1. The Morgan fingerprint density at radius 3 is 2.62 bits per heavy atom. The summed E-state index contributed by atoms with van der Waals surface area (Å²) in [6.07, 6.45) is 2.94. The number of carbonyl (C=O) groups is 2. The van der Waals surface area contributed by atoms with Crippen LogP contribution in [0, 0.1) is 0 Å². The van der Waals surface area contributed by atoms with Crippen LogP contribution in [-0.2, 0) is 11.2 Å². The molecule has 0 spiro atoms. The number of amides is 3. The molecule has 0 radical (unpaired) electrons. The van der Waals surface area contributed by atoms with E-state index in [9.17, 15) is 9.59 Å². The smallest absolute Gasteiger partial charge is 0.321 e. The van der Waals surface area contributed by atoms with Crippen LogP contribution in [0.3, 0.4) is 0 Å². The highest BCUT2D eigenvalue weighted by Crippen LogP contribution is 2.28. The number of nitrogens with one attached hydrogen (secondary N) is 2. The first kappa shape index (κ1) is 24.2. The number of benzene rings is 2. The highest BCUT2D eigenvalue weighted by molar-refractivity contribution is 5.94. The number of nitrogens with zero attached hydrogens (tertiary/aromatic N) is 2. The Morgan fingerprint density at radius 2 is 1.85 bits per heavy atom. The van der Waals surface area contributed by atoms with Crippen LogP contribution in [0.15, 0.2) is 48.5 Å². The van der Waals surface area contributed by atoms with Gasteiger partial charge in [-0.05, 0) is 54.7 Å². The van der Waals surface area contributed by atoms with Gasteiger partial charge in [-0.25, -0.2) is 4.79 Å². The van der Waals surface area contributed by atoms with E-state index in [1.165, 1.54) is 5.56 Å². The molecule has 2 aromatic rings. The fourth-order valence-electron chi connectivity index (χ4n) is 4.65. The lowest BCUT2D eigenvalue weighted by molar-refractivity contribution is 0.0383. The minimum absolute atomic E-state index is 0.0453. The van der Waals surface area contributed by atoms with Gasteiger partial charge in [0.2, 0.25) is 0 Å². The normalized spacial score (nSPS) is 19.0. The molecule has 2 aromatic carbocycles. The average molecular weight is 465 g/mol. The van der Waals surface area contributed by atoms with E-state index in [0.29, 0.717) is 18.7 Å². The molecular weight excluding hydrogens is 428 g/mol. The number of morpholine rings is 1. The molecule has 2 aliphatic heterocycles. The molecule has 0 saturated carbocycles. The number of rotatable bonds is 7. The number of piperidine rings is 1. The third-order valence-electron chi connectivity index (χ3n) is 6.76. The fraction of sp³-hybridized carbons (Fsp3) is 0.481. The lowest BCUT2D eigenvalue weighted by Crippen LogP contribution is -2.41. The van der Waals surface area contributed by atoms with Crippen LogP contribution in [-0.4, -0.2) is 74.2 Å². The number of carbonyl (C=O) groups excluding carboxylic acids is 2. The van der Waals surface area contributed by atoms with Crippen molar-refractivity contribution in [2.75, 3.05) is 57.8 Å². The van der Waals surface area contributed by atoms with Crippen molar-refractivity contribution in [3.63, 3.8) is 0 Å². The van der Waals surface area contributed by atoms with Gasteiger partial charge in [0.05, 0.1) is 13.2 Å². The molecule has 0 unspecified atom stereocenters. The Morgan fingerprint density at radius 1 is 1.06 bits per heavy atom. The minimum atomic E-state index is -0.0639. The van der Waals surface area contributed by atoms with Crippen molar-refractivity contribution in [3.8, 4) is 0 Å². The molecule has 3 amide bonds. The van der Waals surface area contributed by atoms with Crippen LogP contribution in [0.25, 0.3) is 0 Å². The first-order valence-electron chi connectivity index (χ1n) is 12.5. The molecule has 1 atom stereocenters. The maximum Gasteiger partial charge on any atom is 0.321 e. The summed E-state index contributed by atoms with van der Waals surface area (Å²) >= 11 is 0. The molecule has 2 fully saturated rings. The van der Waals surface area contributed by atoms with Crippen molar-refractivity contribution in [2.45, 2.75) is 32.1 Å². The molecule has 7 nitrogen and oxygen atoms in total. The van der Waals surface area contributed by atoms with Crippen molar-refractivity contribution in [2.24, 2.45) is 0 Å². The van der Waals surface area contributed by atoms with Crippen molar-refractivity contribution in [1.82, 2.24) is 15.1 Å². The van der Waals surface area contributed by atoms with Gasteiger partial charge in [0, 0.05) is 56.4 Å². The monoisotopic (exact) mass is 464 g/mol. The van der Waals surface area contributed by atoms with Gasteiger partial charge in [-0.1, -0.05) is 31.2 Å². The zero-order chi connectivity index (χ0) is 23.8. The Labute approximate surface area is 202 Å². The molecule has 4 rings (SSSR count). The number of hydrogen-bond donors (Lipinski definition) is 2. The second-order valence-corrected chi connectivity index (χ2v) is 9.10. The van der Waals surface area contributed by atoms with E-state index < -0.39 is 0 Å². The first-order chi connectivity index (χ1) is 16.6. The zero-order valence-corrected chi connectivity index (χ0v) is 20.1. The van der Waals surface area contributed by atoms with Crippen LogP contribution in [0.5, 0.6) is 0 Å². The predicted octanol–water partition coefficient (Wildman–Crippen LogP) is 3.72. The van der Waals surface area contributed by atoms with Crippen LogP contribution in [0.4, 0.5) is 10.5 Å². The molecule has 0 bridgehead atoms. The van der Waals surface area contributed by atoms with Crippen LogP contribution >= 0.6 is 0 Å². The van der Waals surface area contributed by atoms with Gasteiger partial charge in [-0.15, -0.1) is 0 Å². The van der Waals surface area contributed by atoms with Gasteiger partial charge < -0.3 is 20.3 Å². The van der Waals surface area contributed by atoms with E-state index in [0.717, 1.165) is 69.9 Å². The lowest BCUT2D eigenvalue weighted by Gasteiger charge is -2.33. The van der Waals surface area contributed by atoms with E-state index in [2.05, 4.69) is 28.5 Å². The quantitative estimate of drug-likeness (QED) is 0.655. The third-order valence-corrected chi connectivity index (χ3v) is 6.76. The molecule has 0 aliphatic carbocycles. The maximum absolute atomic E-state index is 12.9. The van der Waals surface area contributed by atoms with E-state index in [1.54, 1.807) is 0 Å². The Hall–Kier alpha value is -2.90. The number of anilines is 1. The second kappa shape index (κ2) is 12.0. The molecule has 0 aromatic heterocycles. The van der Waals surface area contributed by atoms with Crippen LogP contribution in [0.1, 0.15) is 47.2 Å². The van der Waals surface area contributed by atoms with Crippen molar-refractivity contribution >= 4 is 17.6 Å². The van der Waals surface area contributed by atoms with Crippen molar-refractivity contribution < 1.29 is 14.3 Å². The average Bonchev–Trinajstić information content (AvgIpc) is 2.90. The highest BCUT2D eigenvalue weighted by Gasteiger charge is 2.25. The van der Waals surface area contributed by atoms with E-state index in [1.807, 2.05) is 47.4 Å². The Kier molecular flexibility index (Phi) is 8.55. The summed E-state index contributed by atoms with van der Waals surface area (Å²) in [5.74, 6) is 0.180. The molecule has 7 heteroatoms. The number of urea groups is 1. The number of hydrogen-bond acceptors (Lipinski definition) is 4. The van der Waals surface area contributed by atoms with E-state index >= 15 is 0 Å². The largest absolute Gasteiger partial charge is 0.379 e. The molecule has 2 heterocycles. The van der Waals surface area contributed by atoms with Crippen LogP contribution in [0.2, 0.25) is 0 Å². The summed E-state index contributed by atoms with van der Waals surface area (Å²) in [4.78, 5) is 29.8. The van der Waals surface area contributed by atoms with E-state index in [-0.39, 0.29) is 17.9 Å². The van der Waals surface area contributed by atoms with Crippen LogP contribution < -0.4 is 10.6 Å². The van der Waals surface area contributed by atoms with Crippen molar-refractivity contribution in [1.29, 1.82) is 0 Å². The lowest BCUT2D eigenvalue weighted by atomic mass is 9.89. The topological polar surface area (TPSA) is 73.9 Å². The van der Waals surface area contributed by atoms with E-state index in [4.69, 9.17) is 4.74 Å². The molecule has 2 N–H and O–H groups in total. The van der Waals surface area contributed by atoms with Gasteiger partial charge in [-0.2, -0.15) is 0 Å². The van der Waals surface area contributed by atoms with Gasteiger partial charge in [0.15, 0.2) is 0 Å². The highest BCUT2D eigenvalue weighted by atomic mass is 16.5. The van der Waals surface area contributed by atoms with Gasteiger partial charge in [0.1, 0.15) is 0 Å². The predicted molar refractivity (Wildman–Crippen MR) is 134 cm³/mol.